The van der Waals surface area contributed by atoms with Crippen LogP contribution < -0.4 is 5.32 Å². The van der Waals surface area contributed by atoms with Gasteiger partial charge in [-0.15, -0.1) is 0 Å². The van der Waals surface area contributed by atoms with Crippen LogP contribution in [0.15, 0.2) is 42.6 Å². The molecule has 1 saturated heterocycles. The highest BCUT2D eigenvalue weighted by atomic mass is 16.2. The summed E-state index contributed by atoms with van der Waals surface area (Å²) < 4.78 is 0. The predicted octanol–water partition coefficient (Wildman–Crippen LogP) is 2.41. The topological polar surface area (TPSA) is 75.2 Å². The number of aromatic nitrogens is 2. The molecule has 2 heterocycles. The number of nitrogens with one attached hydrogen (secondary N) is 1. The molecule has 0 aliphatic carbocycles. The Balaban J connectivity index is 1.64. The van der Waals surface area contributed by atoms with Crippen molar-refractivity contribution >= 4 is 11.8 Å². The number of likely N-dealkylation sites (tertiary alicyclic amines) is 1. The number of amides is 2. The molecule has 0 radical (unpaired) electrons. The normalized spacial score (nSPS) is 16.5. The van der Waals surface area contributed by atoms with Gasteiger partial charge in [0.1, 0.15) is 0 Å². The first-order valence-electron chi connectivity index (χ1n) is 9.03. The number of carbonyl (C=O) groups excluding carboxylic acids is 2. The maximum atomic E-state index is 12.7. The second-order valence-corrected chi connectivity index (χ2v) is 6.55. The lowest BCUT2D eigenvalue weighted by molar-refractivity contribution is -0.132. The van der Waals surface area contributed by atoms with Crippen molar-refractivity contribution in [1.82, 2.24) is 20.2 Å². The van der Waals surface area contributed by atoms with E-state index >= 15 is 0 Å². The molecule has 0 bridgehead atoms. The molecule has 1 unspecified atom stereocenters. The highest BCUT2D eigenvalue weighted by molar-refractivity contribution is 5.77. The summed E-state index contributed by atoms with van der Waals surface area (Å²) in [6.07, 6.45) is 4.77. The van der Waals surface area contributed by atoms with Crippen LogP contribution in [0, 0.1) is 0 Å². The van der Waals surface area contributed by atoms with Crippen molar-refractivity contribution in [2.24, 2.45) is 0 Å². The van der Waals surface area contributed by atoms with Crippen LogP contribution in [0.4, 0.5) is 0 Å². The molecule has 6 nitrogen and oxygen atoms in total. The van der Waals surface area contributed by atoms with Gasteiger partial charge in [0.2, 0.25) is 11.8 Å². The monoisotopic (exact) mass is 352 g/mol. The van der Waals surface area contributed by atoms with E-state index in [2.05, 4.69) is 15.3 Å². The molecule has 1 N–H and O–H groups in total. The molecular weight excluding hydrogens is 328 g/mol. The Kier molecular flexibility index (Phi) is 5.94. The number of carbonyl (C=O) groups is 2. The molecule has 6 heteroatoms. The van der Waals surface area contributed by atoms with Crippen LogP contribution in [-0.4, -0.2) is 33.2 Å². The molecule has 26 heavy (non-hydrogen) atoms. The average Bonchev–Trinajstić information content (AvgIpc) is 3.15. The number of hydrogen-bond acceptors (Lipinski definition) is 4. The minimum atomic E-state index is -0.0938. The standard InChI is InChI=1S/C20H24N4O2/c1-15(25)22-14-17-11-12-21-20(23-17)18-8-5-13-24(18)19(26)10-9-16-6-3-2-4-7-16/h2-4,6-7,11-12,18H,5,8-10,13-14H2,1H3,(H,22,25). The summed E-state index contributed by atoms with van der Waals surface area (Å²) in [7, 11) is 0. The Morgan fingerprint density at radius 1 is 1.23 bits per heavy atom. The van der Waals surface area contributed by atoms with E-state index in [4.69, 9.17) is 0 Å². The van der Waals surface area contributed by atoms with Gasteiger partial charge in [0.05, 0.1) is 18.3 Å². The molecule has 1 aromatic carbocycles. The lowest BCUT2D eigenvalue weighted by atomic mass is 10.1. The van der Waals surface area contributed by atoms with Crippen LogP contribution in [0.2, 0.25) is 0 Å². The smallest absolute Gasteiger partial charge is 0.223 e. The van der Waals surface area contributed by atoms with Crippen LogP contribution in [0.25, 0.3) is 0 Å². The van der Waals surface area contributed by atoms with Gasteiger partial charge < -0.3 is 10.2 Å². The molecule has 1 aromatic heterocycles. The minimum absolute atomic E-state index is 0.0736. The second kappa shape index (κ2) is 8.56. The van der Waals surface area contributed by atoms with E-state index in [-0.39, 0.29) is 17.9 Å². The summed E-state index contributed by atoms with van der Waals surface area (Å²) in [5.74, 6) is 0.717. The molecule has 1 aliphatic heterocycles. The Morgan fingerprint density at radius 2 is 2.04 bits per heavy atom. The quantitative estimate of drug-likeness (QED) is 0.866. The first-order valence-corrected chi connectivity index (χ1v) is 9.03. The summed E-state index contributed by atoms with van der Waals surface area (Å²) in [5, 5.41) is 2.74. The summed E-state index contributed by atoms with van der Waals surface area (Å²) in [5.41, 5.74) is 1.93. The van der Waals surface area contributed by atoms with Gasteiger partial charge in [-0.3, -0.25) is 9.59 Å². The highest BCUT2D eigenvalue weighted by Crippen LogP contribution is 2.30. The van der Waals surface area contributed by atoms with Crippen molar-refractivity contribution in [3.8, 4) is 0 Å². The fourth-order valence-corrected chi connectivity index (χ4v) is 3.26. The van der Waals surface area contributed by atoms with Gasteiger partial charge >= 0.3 is 0 Å². The molecule has 0 spiro atoms. The average molecular weight is 352 g/mol. The zero-order valence-corrected chi connectivity index (χ0v) is 15.0. The van der Waals surface area contributed by atoms with Crippen molar-refractivity contribution in [2.45, 2.75) is 45.2 Å². The van der Waals surface area contributed by atoms with Gasteiger partial charge in [-0.2, -0.15) is 0 Å². The second-order valence-electron chi connectivity index (χ2n) is 6.55. The highest BCUT2D eigenvalue weighted by Gasteiger charge is 2.31. The van der Waals surface area contributed by atoms with Crippen molar-refractivity contribution < 1.29 is 9.59 Å². The fraction of sp³-hybridized carbons (Fsp3) is 0.400. The molecular formula is C20H24N4O2. The van der Waals surface area contributed by atoms with Crippen LogP contribution in [-0.2, 0) is 22.6 Å². The number of hydrogen-bond donors (Lipinski definition) is 1. The van der Waals surface area contributed by atoms with E-state index in [0.717, 1.165) is 31.5 Å². The van der Waals surface area contributed by atoms with E-state index in [1.165, 1.54) is 12.5 Å². The largest absolute Gasteiger partial charge is 0.351 e. The number of aryl methyl sites for hydroxylation is 1. The number of benzene rings is 1. The fourth-order valence-electron chi connectivity index (χ4n) is 3.26. The summed E-state index contributed by atoms with van der Waals surface area (Å²) >= 11 is 0. The van der Waals surface area contributed by atoms with E-state index in [1.54, 1.807) is 12.3 Å². The van der Waals surface area contributed by atoms with Crippen LogP contribution in [0.1, 0.15) is 49.3 Å². The minimum Gasteiger partial charge on any atom is -0.351 e. The lowest BCUT2D eigenvalue weighted by Gasteiger charge is -2.24. The zero-order valence-electron chi connectivity index (χ0n) is 15.0. The maximum Gasteiger partial charge on any atom is 0.223 e. The molecule has 0 saturated carbocycles. The van der Waals surface area contributed by atoms with Gasteiger partial charge in [-0.1, -0.05) is 30.3 Å². The van der Waals surface area contributed by atoms with E-state index in [9.17, 15) is 9.59 Å². The lowest BCUT2D eigenvalue weighted by Crippen LogP contribution is -2.32. The van der Waals surface area contributed by atoms with Gasteiger partial charge in [-0.25, -0.2) is 9.97 Å². The van der Waals surface area contributed by atoms with Crippen molar-refractivity contribution in [3.63, 3.8) is 0 Å². The van der Waals surface area contributed by atoms with Gasteiger partial charge in [0.25, 0.3) is 0 Å². The predicted molar refractivity (Wildman–Crippen MR) is 98.0 cm³/mol. The van der Waals surface area contributed by atoms with Crippen LogP contribution >= 0.6 is 0 Å². The summed E-state index contributed by atoms with van der Waals surface area (Å²) in [6, 6.07) is 11.8. The maximum absolute atomic E-state index is 12.7. The number of nitrogens with zero attached hydrogens (tertiary/aromatic N) is 3. The SMILES string of the molecule is CC(=O)NCc1ccnc(C2CCCN2C(=O)CCc2ccccc2)n1. The Bertz CT molecular complexity index is 763. The van der Waals surface area contributed by atoms with Crippen LogP contribution in [0.3, 0.4) is 0 Å². The molecule has 136 valence electrons. The van der Waals surface area contributed by atoms with E-state index < -0.39 is 0 Å². The first kappa shape index (κ1) is 18.0. The summed E-state index contributed by atoms with van der Waals surface area (Å²) in [6.45, 7) is 2.60. The van der Waals surface area contributed by atoms with Gasteiger partial charge in [0, 0.05) is 26.1 Å². The van der Waals surface area contributed by atoms with E-state index in [0.29, 0.717) is 18.8 Å². The third-order valence-electron chi connectivity index (χ3n) is 4.59. The molecule has 3 rings (SSSR count). The van der Waals surface area contributed by atoms with E-state index in [1.807, 2.05) is 35.2 Å². The Morgan fingerprint density at radius 3 is 2.81 bits per heavy atom. The zero-order chi connectivity index (χ0) is 18.4. The third-order valence-corrected chi connectivity index (χ3v) is 4.59. The van der Waals surface area contributed by atoms with Gasteiger partial charge in [0.15, 0.2) is 5.82 Å². The molecule has 2 amide bonds. The first-order chi connectivity index (χ1) is 12.6. The van der Waals surface area contributed by atoms with Crippen LogP contribution in [0.5, 0.6) is 0 Å². The summed E-state index contributed by atoms with van der Waals surface area (Å²) in [4.78, 5) is 34.6. The molecule has 1 fully saturated rings. The van der Waals surface area contributed by atoms with Crippen molar-refractivity contribution in [3.05, 3.63) is 59.7 Å². The Hall–Kier alpha value is -2.76. The molecule has 2 aromatic rings. The molecule has 1 aliphatic rings. The Labute approximate surface area is 153 Å². The van der Waals surface area contributed by atoms with Crippen molar-refractivity contribution in [2.75, 3.05) is 6.54 Å². The van der Waals surface area contributed by atoms with Gasteiger partial charge in [-0.05, 0) is 30.9 Å². The van der Waals surface area contributed by atoms with Crippen molar-refractivity contribution in [1.29, 1.82) is 0 Å². The third kappa shape index (κ3) is 4.65. The number of rotatable bonds is 6. The molecule has 1 atom stereocenters.